The average Bonchev–Trinajstić information content (AvgIpc) is 3.21. The molecule has 1 unspecified atom stereocenters. The van der Waals surface area contributed by atoms with Gasteiger partial charge in [0.15, 0.2) is 0 Å². The van der Waals surface area contributed by atoms with Crippen molar-refractivity contribution in [1.82, 2.24) is 10.2 Å². The Morgan fingerprint density at radius 1 is 1.16 bits per heavy atom. The lowest BCUT2D eigenvalue weighted by molar-refractivity contribution is -0.134. The minimum atomic E-state index is -0.429. The first-order chi connectivity index (χ1) is 12.1. The van der Waals surface area contributed by atoms with Gasteiger partial charge in [0, 0.05) is 12.1 Å². The van der Waals surface area contributed by atoms with Crippen molar-refractivity contribution in [2.45, 2.75) is 50.7 Å². The maximum Gasteiger partial charge on any atom is 0.244 e. The molecule has 1 spiro atoms. The van der Waals surface area contributed by atoms with Crippen LogP contribution in [0.3, 0.4) is 0 Å². The number of hydrogen-bond acceptors (Lipinski definition) is 3. The summed E-state index contributed by atoms with van der Waals surface area (Å²) < 4.78 is 19.1. The number of carbonyl (C=O) groups is 1. The summed E-state index contributed by atoms with van der Waals surface area (Å²) in [5, 5.41) is 3.57. The van der Waals surface area contributed by atoms with Gasteiger partial charge in [-0.05, 0) is 56.2 Å². The van der Waals surface area contributed by atoms with Crippen LogP contribution in [0.5, 0.6) is 0 Å². The van der Waals surface area contributed by atoms with Crippen LogP contribution in [-0.4, -0.2) is 22.9 Å². The Kier molecular flexibility index (Phi) is 4.12. The maximum absolute atomic E-state index is 13.1. The molecule has 2 fully saturated rings. The molecule has 2 aromatic rings. The summed E-state index contributed by atoms with van der Waals surface area (Å²) in [5.74, 6) is 1.34. The molecule has 1 aliphatic heterocycles. The molecule has 4 nitrogen and oxygen atoms in total. The number of halogens is 1. The van der Waals surface area contributed by atoms with Crippen LogP contribution < -0.4 is 5.32 Å². The van der Waals surface area contributed by atoms with E-state index in [0.717, 1.165) is 37.0 Å². The second-order valence-electron chi connectivity index (χ2n) is 6.99. The molecule has 1 saturated heterocycles. The number of benzene rings is 1. The molecule has 1 N–H and O–H groups in total. The highest BCUT2D eigenvalue weighted by Gasteiger charge is 2.51. The third kappa shape index (κ3) is 2.76. The standard InChI is InChI=1S/C20H23FN2O2/c1-2-23-18(22-20(19(23)24)12-4-3-5-13-20)17-11-10-16(25-17)14-6-8-15(21)9-7-14/h6-11,18,22H,2-5,12-13H2,1H3. The third-order valence-electron chi connectivity index (χ3n) is 5.47. The van der Waals surface area contributed by atoms with Gasteiger partial charge in [0.25, 0.3) is 0 Å². The molecule has 25 heavy (non-hydrogen) atoms. The first-order valence-electron chi connectivity index (χ1n) is 9.07. The van der Waals surface area contributed by atoms with Crippen molar-refractivity contribution in [1.29, 1.82) is 0 Å². The molecule has 1 aromatic heterocycles. The molecule has 5 heteroatoms. The van der Waals surface area contributed by atoms with E-state index in [4.69, 9.17) is 4.42 Å². The van der Waals surface area contributed by atoms with Crippen LogP contribution in [0.2, 0.25) is 0 Å². The van der Waals surface area contributed by atoms with E-state index in [2.05, 4.69) is 5.32 Å². The number of rotatable bonds is 3. The van der Waals surface area contributed by atoms with Gasteiger partial charge in [-0.1, -0.05) is 19.3 Å². The molecule has 2 heterocycles. The van der Waals surface area contributed by atoms with Crippen LogP contribution >= 0.6 is 0 Å². The summed E-state index contributed by atoms with van der Waals surface area (Å²) in [6.45, 7) is 2.64. The molecule has 1 amide bonds. The quantitative estimate of drug-likeness (QED) is 0.907. The van der Waals surface area contributed by atoms with E-state index < -0.39 is 5.54 Å². The topological polar surface area (TPSA) is 45.5 Å². The summed E-state index contributed by atoms with van der Waals surface area (Å²) in [6.07, 6.45) is 4.92. The summed E-state index contributed by atoms with van der Waals surface area (Å²) in [6, 6.07) is 10.0. The van der Waals surface area contributed by atoms with E-state index in [1.807, 2.05) is 24.0 Å². The molecule has 0 bridgehead atoms. The van der Waals surface area contributed by atoms with Gasteiger partial charge in [-0.15, -0.1) is 0 Å². The number of carbonyl (C=O) groups excluding carboxylic acids is 1. The smallest absolute Gasteiger partial charge is 0.244 e. The monoisotopic (exact) mass is 342 g/mol. The zero-order chi connectivity index (χ0) is 17.4. The SMILES string of the molecule is CCN1C(=O)C2(CCCCC2)NC1c1ccc(-c2ccc(F)cc2)o1. The summed E-state index contributed by atoms with van der Waals surface area (Å²) in [5.41, 5.74) is 0.397. The van der Waals surface area contributed by atoms with Crippen molar-refractivity contribution in [2.24, 2.45) is 0 Å². The van der Waals surface area contributed by atoms with Crippen molar-refractivity contribution < 1.29 is 13.6 Å². The minimum Gasteiger partial charge on any atom is -0.457 e. The van der Waals surface area contributed by atoms with Crippen LogP contribution in [0.25, 0.3) is 11.3 Å². The molecule has 132 valence electrons. The number of nitrogens with zero attached hydrogens (tertiary/aromatic N) is 1. The second kappa shape index (κ2) is 6.30. The Labute approximate surface area is 147 Å². The van der Waals surface area contributed by atoms with E-state index in [1.165, 1.54) is 18.6 Å². The van der Waals surface area contributed by atoms with Crippen molar-refractivity contribution in [3.63, 3.8) is 0 Å². The van der Waals surface area contributed by atoms with Crippen LogP contribution in [0.1, 0.15) is 51.0 Å². The predicted molar refractivity (Wildman–Crippen MR) is 93.2 cm³/mol. The molecule has 1 aliphatic carbocycles. The fraction of sp³-hybridized carbons (Fsp3) is 0.450. The Hall–Kier alpha value is -2.14. The van der Waals surface area contributed by atoms with Crippen molar-refractivity contribution in [2.75, 3.05) is 6.54 Å². The van der Waals surface area contributed by atoms with Crippen molar-refractivity contribution in [3.05, 3.63) is 48.0 Å². The number of hydrogen-bond donors (Lipinski definition) is 1. The lowest BCUT2D eigenvalue weighted by atomic mass is 9.81. The van der Waals surface area contributed by atoms with E-state index in [1.54, 1.807) is 12.1 Å². The van der Waals surface area contributed by atoms with Crippen molar-refractivity contribution in [3.8, 4) is 11.3 Å². The number of amides is 1. The van der Waals surface area contributed by atoms with Gasteiger partial charge < -0.3 is 9.32 Å². The largest absolute Gasteiger partial charge is 0.457 e. The molecule has 4 rings (SSSR count). The van der Waals surface area contributed by atoms with E-state index in [-0.39, 0.29) is 17.9 Å². The van der Waals surface area contributed by atoms with E-state index >= 15 is 0 Å². The Morgan fingerprint density at radius 2 is 1.88 bits per heavy atom. The van der Waals surface area contributed by atoms with E-state index in [9.17, 15) is 9.18 Å². The lowest BCUT2D eigenvalue weighted by Crippen LogP contribution is -2.48. The highest BCUT2D eigenvalue weighted by molar-refractivity contribution is 5.89. The van der Waals surface area contributed by atoms with Gasteiger partial charge in [-0.25, -0.2) is 4.39 Å². The Morgan fingerprint density at radius 3 is 2.56 bits per heavy atom. The summed E-state index contributed by atoms with van der Waals surface area (Å²) >= 11 is 0. The molecule has 0 radical (unpaired) electrons. The highest BCUT2D eigenvalue weighted by Crippen LogP contribution is 2.40. The predicted octanol–water partition coefficient (Wildman–Crippen LogP) is 4.24. The van der Waals surface area contributed by atoms with Gasteiger partial charge in [-0.3, -0.25) is 10.1 Å². The van der Waals surface area contributed by atoms with Gasteiger partial charge in [0.05, 0.1) is 5.54 Å². The van der Waals surface area contributed by atoms with Crippen LogP contribution in [0, 0.1) is 5.82 Å². The Balaban J connectivity index is 1.62. The summed E-state index contributed by atoms with van der Waals surface area (Å²) in [4.78, 5) is 14.9. The van der Waals surface area contributed by atoms with Crippen LogP contribution in [0.4, 0.5) is 4.39 Å². The first kappa shape index (κ1) is 16.3. The lowest BCUT2D eigenvalue weighted by Gasteiger charge is -2.31. The molecule has 1 atom stereocenters. The van der Waals surface area contributed by atoms with Gasteiger partial charge in [-0.2, -0.15) is 0 Å². The fourth-order valence-corrected chi connectivity index (χ4v) is 4.13. The zero-order valence-electron chi connectivity index (χ0n) is 14.4. The van der Waals surface area contributed by atoms with Crippen LogP contribution in [0.15, 0.2) is 40.8 Å². The molecule has 1 aromatic carbocycles. The van der Waals surface area contributed by atoms with Gasteiger partial charge >= 0.3 is 0 Å². The molecule has 1 saturated carbocycles. The molecular formula is C20H23FN2O2. The van der Waals surface area contributed by atoms with Crippen LogP contribution in [-0.2, 0) is 4.79 Å². The highest BCUT2D eigenvalue weighted by atomic mass is 19.1. The third-order valence-corrected chi connectivity index (χ3v) is 5.47. The number of furan rings is 1. The van der Waals surface area contributed by atoms with Crippen molar-refractivity contribution >= 4 is 5.91 Å². The Bertz CT molecular complexity index is 762. The minimum absolute atomic E-state index is 0.194. The zero-order valence-corrected chi connectivity index (χ0v) is 14.4. The average molecular weight is 342 g/mol. The van der Waals surface area contributed by atoms with E-state index in [0.29, 0.717) is 12.3 Å². The molecular weight excluding hydrogens is 319 g/mol. The van der Waals surface area contributed by atoms with Gasteiger partial charge in [0.2, 0.25) is 5.91 Å². The van der Waals surface area contributed by atoms with Gasteiger partial charge in [0.1, 0.15) is 23.5 Å². The number of nitrogens with one attached hydrogen (secondary N) is 1. The molecule has 2 aliphatic rings. The second-order valence-corrected chi connectivity index (χ2v) is 6.99. The maximum atomic E-state index is 13.1. The first-order valence-corrected chi connectivity index (χ1v) is 9.07. The summed E-state index contributed by atoms with van der Waals surface area (Å²) in [7, 11) is 0. The normalized spacial score (nSPS) is 22.7. The fourth-order valence-electron chi connectivity index (χ4n) is 4.13. The number of likely N-dealkylation sites (N-methyl/N-ethyl adjacent to an activating group) is 1.